The Morgan fingerprint density at radius 2 is 1.73 bits per heavy atom. The highest BCUT2D eigenvalue weighted by atomic mass is 32.2. The molecule has 1 fully saturated rings. The number of aryl methyl sites for hydroxylation is 1. The van der Waals surface area contributed by atoms with E-state index in [1.807, 2.05) is 31.2 Å². The van der Waals surface area contributed by atoms with Crippen LogP contribution in [0.1, 0.15) is 18.9 Å². The van der Waals surface area contributed by atoms with E-state index in [0.29, 0.717) is 17.5 Å². The Labute approximate surface area is 178 Å². The van der Waals surface area contributed by atoms with E-state index in [9.17, 15) is 19.2 Å². The SMILES string of the molecule is Cc1ccc(N2C(=O)C(=O)N(CC(=O)N3CC[C@H](C)Sc4ccccc43)C2=O)cc1. The van der Waals surface area contributed by atoms with Crippen molar-refractivity contribution in [3.8, 4) is 0 Å². The van der Waals surface area contributed by atoms with Gasteiger partial charge in [0.25, 0.3) is 0 Å². The van der Waals surface area contributed by atoms with Crippen LogP contribution in [0.5, 0.6) is 0 Å². The van der Waals surface area contributed by atoms with Gasteiger partial charge in [0.15, 0.2) is 0 Å². The molecule has 2 aromatic rings. The predicted molar refractivity (Wildman–Crippen MR) is 115 cm³/mol. The van der Waals surface area contributed by atoms with Crippen LogP contribution in [0.15, 0.2) is 53.4 Å². The number of carbonyl (C=O) groups is 4. The molecule has 30 heavy (non-hydrogen) atoms. The summed E-state index contributed by atoms with van der Waals surface area (Å²) in [6, 6.07) is 13.5. The molecule has 0 N–H and O–H groups in total. The van der Waals surface area contributed by atoms with E-state index in [4.69, 9.17) is 0 Å². The van der Waals surface area contributed by atoms with Crippen LogP contribution in [0.2, 0.25) is 0 Å². The number of imide groups is 2. The van der Waals surface area contributed by atoms with Crippen LogP contribution < -0.4 is 9.80 Å². The van der Waals surface area contributed by atoms with Crippen molar-refractivity contribution < 1.29 is 19.2 Å². The fourth-order valence-corrected chi connectivity index (χ4v) is 4.65. The maximum absolute atomic E-state index is 13.1. The monoisotopic (exact) mass is 423 g/mol. The third-order valence-corrected chi connectivity index (χ3v) is 6.42. The lowest BCUT2D eigenvalue weighted by Gasteiger charge is -2.24. The number of hydrogen-bond acceptors (Lipinski definition) is 5. The zero-order valence-electron chi connectivity index (χ0n) is 16.7. The molecule has 0 saturated carbocycles. The average Bonchev–Trinajstić information content (AvgIpc) is 2.85. The van der Waals surface area contributed by atoms with Gasteiger partial charge in [0.1, 0.15) is 6.54 Å². The highest BCUT2D eigenvalue weighted by Crippen LogP contribution is 2.37. The van der Waals surface area contributed by atoms with Gasteiger partial charge in [0.05, 0.1) is 11.4 Å². The number of benzene rings is 2. The van der Waals surface area contributed by atoms with Crippen LogP contribution >= 0.6 is 11.8 Å². The summed E-state index contributed by atoms with van der Waals surface area (Å²) in [6.07, 6.45) is 0.779. The molecule has 1 atom stereocenters. The number of amides is 5. The number of thioether (sulfide) groups is 1. The van der Waals surface area contributed by atoms with E-state index < -0.39 is 30.3 Å². The minimum absolute atomic E-state index is 0.309. The van der Waals surface area contributed by atoms with Crippen LogP contribution in [0.4, 0.5) is 16.2 Å². The van der Waals surface area contributed by atoms with E-state index in [-0.39, 0.29) is 0 Å². The number of carbonyl (C=O) groups excluding carboxylic acids is 4. The van der Waals surface area contributed by atoms with Crippen LogP contribution in [0.3, 0.4) is 0 Å². The highest BCUT2D eigenvalue weighted by Gasteiger charge is 2.46. The Morgan fingerprint density at radius 3 is 2.47 bits per heavy atom. The number of fused-ring (bicyclic) bond motifs is 1. The Balaban J connectivity index is 1.57. The maximum Gasteiger partial charge on any atom is 0.339 e. The first-order valence-corrected chi connectivity index (χ1v) is 10.6. The largest absolute Gasteiger partial charge is 0.339 e. The molecule has 1 saturated heterocycles. The number of hydrogen-bond donors (Lipinski definition) is 0. The van der Waals surface area contributed by atoms with Crippen molar-refractivity contribution in [2.75, 3.05) is 22.9 Å². The van der Waals surface area contributed by atoms with Gasteiger partial charge in [-0.05, 0) is 37.6 Å². The average molecular weight is 423 g/mol. The standard InChI is InChI=1S/C22H21N3O4S/c1-14-7-9-16(10-8-14)25-21(28)20(27)24(22(25)29)13-19(26)23-12-11-15(2)30-18-6-4-3-5-17(18)23/h3-10,15H,11-13H2,1-2H3/t15-/m0/s1. The molecule has 5 amide bonds. The third-order valence-electron chi connectivity index (χ3n) is 5.18. The van der Waals surface area contributed by atoms with Crippen molar-refractivity contribution in [2.45, 2.75) is 30.4 Å². The quantitative estimate of drug-likeness (QED) is 0.560. The second-order valence-electron chi connectivity index (χ2n) is 7.38. The molecule has 0 aliphatic carbocycles. The summed E-state index contributed by atoms with van der Waals surface area (Å²) in [5, 5.41) is 0.331. The normalized spacial score (nSPS) is 19.2. The van der Waals surface area contributed by atoms with E-state index in [1.54, 1.807) is 40.9 Å². The molecule has 4 rings (SSSR count). The Hall–Kier alpha value is -3.13. The van der Waals surface area contributed by atoms with Crippen molar-refractivity contribution >= 4 is 46.9 Å². The summed E-state index contributed by atoms with van der Waals surface area (Å²) in [5.41, 5.74) is 2.03. The molecule has 2 heterocycles. The molecular formula is C22H21N3O4S. The number of nitrogens with zero attached hydrogens (tertiary/aromatic N) is 3. The van der Waals surface area contributed by atoms with Gasteiger partial charge in [-0.2, -0.15) is 0 Å². The Bertz CT molecular complexity index is 1040. The molecule has 0 bridgehead atoms. The number of para-hydroxylation sites is 1. The fourth-order valence-electron chi connectivity index (χ4n) is 3.53. The van der Waals surface area contributed by atoms with E-state index in [0.717, 1.165) is 32.4 Å². The second-order valence-corrected chi connectivity index (χ2v) is 8.86. The molecule has 0 radical (unpaired) electrons. The Kier molecular flexibility index (Phi) is 5.34. The molecule has 8 heteroatoms. The van der Waals surface area contributed by atoms with Gasteiger partial charge in [0, 0.05) is 16.7 Å². The smallest absolute Gasteiger partial charge is 0.310 e. The molecule has 0 spiro atoms. The van der Waals surface area contributed by atoms with E-state index >= 15 is 0 Å². The summed E-state index contributed by atoms with van der Waals surface area (Å²) in [6.45, 7) is 3.99. The molecular weight excluding hydrogens is 402 g/mol. The Morgan fingerprint density at radius 1 is 1.03 bits per heavy atom. The third kappa shape index (κ3) is 3.59. The first kappa shape index (κ1) is 20.2. The summed E-state index contributed by atoms with van der Waals surface area (Å²) in [5.74, 6) is -2.32. The van der Waals surface area contributed by atoms with Crippen molar-refractivity contribution in [1.29, 1.82) is 0 Å². The van der Waals surface area contributed by atoms with Gasteiger partial charge in [0.2, 0.25) is 5.91 Å². The molecule has 2 aromatic carbocycles. The van der Waals surface area contributed by atoms with Gasteiger partial charge in [-0.15, -0.1) is 11.8 Å². The molecule has 154 valence electrons. The first-order chi connectivity index (χ1) is 14.4. The van der Waals surface area contributed by atoms with Crippen molar-refractivity contribution in [3.05, 3.63) is 54.1 Å². The molecule has 0 unspecified atom stereocenters. The summed E-state index contributed by atoms with van der Waals surface area (Å²) in [4.78, 5) is 55.0. The summed E-state index contributed by atoms with van der Waals surface area (Å²) < 4.78 is 0. The minimum atomic E-state index is -0.986. The van der Waals surface area contributed by atoms with Gasteiger partial charge in [-0.25, -0.2) is 14.6 Å². The van der Waals surface area contributed by atoms with Crippen LogP contribution in [-0.2, 0) is 14.4 Å². The van der Waals surface area contributed by atoms with Crippen molar-refractivity contribution in [3.63, 3.8) is 0 Å². The summed E-state index contributed by atoms with van der Waals surface area (Å²) >= 11 is 1.69. The first-order valence-electron chi connectivity index (χ1n) is 9.69. The topological polar surface area (TPSA) is 78.0 Å². The van der Waals surface area contributed by atoms with Crippen molar-refractivity contribution in [1.82, 2.24) is 4.90 Å². The minimum Gasteiger partial charge on any atom is -0.310 e. The van der Waals surface area contributed by atoms with Crippen LogP contribution in [0.25, 0.3) is 0 Å². The number of rotatable bonds is 3. The number of urea groups is 1. The zero-order chi connectivity index (χ0) is 21.4. The predicted octanol–water partition coefficient (Wildman–Crippen LogP) is 3.21. The molecule has 7 nitrogen and oxygen atoms in total. The fraction of sp³-hybridized carbons (Fsp3) is 0.273. The lowest BCUT2D eigenvalue weighted by atomic mass is 10.2. The summed E-state index contributed by atoms with van der Waals surface area (Å²) in [7, 11) is 0. The number of anilines is 2. The van der Waals surface area contributed by atoms with E-state index in [1.165, 1.54) is 0 Å². The van der Waals surface area contributed by atoms with E-state index in [2.05, 4.69) is 6.92 Å². The maximum atomic E-state index is 13.1. The molecule has 2 aliphatic heterocycles. The van der Waals surface area contributed by atoms with Gasteiger partial charge < -0.3 is 4.90 Å². The zero-order valence-corrected chi connectivity index (χ0v) is 17.5. The lowest BCUT2D eigenvalue weighted by molar-refractivity contribution is -0.140. The van der Waals surface area contributed by atoms with Crippen molar-refractivity contribution in [2.24, 2.45) is 0 Å². The molecule has 0 aromatic heterocycles. The van der Waals surface area contributed by atoms with Crippen LogP contribution in [0, 0.1) is 6.92 Å². The highest BCUT2D eigenvalue weighted by molar-refractivity contribution is 8.00. The lowest BCUT2D eigenvalue weighted by Crippen LogP contribution is -2.44. The molecule has 2 aliphatic rings. The van der Waals surface area contributed by atoms with Gasteiger partial charge in [-0.1, -0.05) is 36.8 Å². The second kappa shape index (κ2) is 7.95. The van der Waals surface area contributed by atoms with Gasteiger partial charge >= 0.3 is 17.8 Å². The van der Waals surface area contributed by atoms with Crippen LogP contribution in [-0.4, -0.2) is 47.0 Å². The van der Waals surface area contributed by atoms with Gasteiger partial charge in [-0.3, -0.25) is 14.4 Å².